The van der Waals surface area contributed by atoms with Crippen LogP contribution in [-0.2, 0) is 9.59 Å². The fourth-order valence-electron chi connectivity index (χ4n) is 3.60. The number of nitrogens with zero attached hydrogens (tertiary/aromatic N) is 1. The van der Waals surface area contributed by atoms with Crippen LogP contribution in [0.15, 0.2) is 0 Å². The first-order chi connectivity index (χ1) is 9.43. The van der Waals surface area contributed by atoms with Gasteiger partial charge in [0.05, 0.1) is 11.0 Å². The minimum atomic E-state index is -0.753. The van der Waals surface area contributed by atoms with E-state index < -0.39 is 16.9 Å². The molecule has 2 atom stereocenters. The van der Waals surface area contributed by atoms with Gasteiger partial charge in [-0.25, -0.2) is 0 Å². The lowest BCUT2D eigenvalue weighted by Crippen LogP contribution is -2.58. The molecule has 2 saturated heterocycles. The number of aliphatic carboxylic acids is 1. The Balaban J connectivity index is 2.08. The van der Waals surface area contributed by atoms with Crippen molar-refractivity contribution < 1.29 is 14.7 Å². The van der Waals surface area contributed by atoms with Crippen molar-refractivity contribution >= 4 is 11.9 Å². The highest BCUT2D eigenvalue weighted by Crippen LogP contribution is 2.37. The summed E-state index contributed by atoms with van der Waals surface area (Å²) >= 11 is 0. The van der Waals surface area contributed by atoms with E-state index in [0.717, 1.165) is 32.2 Å². The van der Waals surface area contributed by atoms with Gasteiger partial charge in [0.1, 0.15) is 0 Å². The number of carboxylic acid groups (broad SMARTS) is 1. The smallest absolute Gasteiger partial charge is 0.311 e. The number of likely N-dealkylation sites (tertiary alicyclic amines) is 1. The van der Waals surface area contributed by atoms with Gasteiger partial charge in [-0.2, -0.15) is 0 Å². The van der Waals surface area contributed by atoms with Crippen molar-refractivity contribution in [1.82, 2.24) is 10.2 Å². The van der Waals surface area contributed by atoms with Gasteiger partial charge in [-0.3, -0.25) is 9.59 Å². The minimum absolute atomic E-state index is 0.0800. The number of nitrogens with one attached hydrogen (secondary N) is 1. The number of amides is 1. The van der Waals surface area contributed by atoms with Gasteiger partial charge >= 0.3 is 5.97 Å². The van der Waals surface area contributed by atoms with Crippen molar-refractivity contribution in [2.75, 3.05) is 19.6 Å². The fourth-order valence-corrected chi connectivity index (χ4v) is 3.60. The maximum Gasteiger partial charge on any atom is 0.311 e. The second kappa shape index (κ2) is 5.72. The summed E-state index contributed by atoms with van der Waals surface area (Å²) in [5, 5.41) is 12.8. The summed E-state index contributed by atoms with van der Waals surface area (Å²) in [6, 6.07) is 0. The minimum Gasteiger partial charge on any atom is -0.481 e. The topological polar surface area (TPSA) is 69.6 Å². The van der Waals surface area contributed by atoms with Crippen molar-refractivity contribution in [2.45, 2.75) is 57.9 Å². The van der Waals surface area contributed by atoms with Gasteiger partial charge < -0.3 is 15.3 Å². The predicted molar refractivity (Wildman–Crippen MR) is 76.4 cm³/mol. The molecule has 2 heterocycles. The van der Waals surface area contributed by atoms with Crippen LogP contribution in [0, 0.1) is 5.41 Å². The molecule has 0 aromatic carbocycles. The van der Waals surface area contributed by atoms with Gasteiger partial charge in [-0.05, 0) is 45.6 Å². The number of carbonyl (C=O) groups is 2. The lowest BCUT2D eigenvalue weighted by Gasteiger charge is -2.37. The van der Waals surface area contributed by atoms with Crippen LogP contribution in [0.4, 0.5) is 0 Å². The van der Waals surface area contributed by atoms with E-state index in [2.05, 4.69) is 5.32 Å². The molecule has 0 bridgehead atoms. The summed E-state index contributed by atoms with van der Waals surface area (Å²) in [4.78, 5) is 26.1. The normalized spacial score (nSPS) is 34.2. The van der Waals surface area contributed by atoms with Crippen LogP contribution in [0.5, 0.6) is 0 Å². The zero-order valence-corrected chi connectivity index (χ0v) is 12.6. The highest BCUT2D eigenvalue weighted by molar-refractivity contribution is 5.87. The van der Waals surface area contributed by atoms with E-state index in [-0.39, 0.29) is 5.91 Å². The quantitative estimate of drug-likeness (QED) is 0.822. The zero-order chi connectivity index (χ0) is 14.8. The molecular formula is C15H26N2O3. The highest BCUT2D eigenvalue weighted by atomic mass is 16.4. The van der Waals surface area contributed by atoms with E-state index in [4.69, 9.17) is 0 Å². The van der Waals surface area contributed by atoms with Crippen LogP contribution in [-0.4, -0.2) is 47.1 Å². The van der Waals surface area contributed by atoms with E-state index in [9.17, 15) is 14.7 Å². The van der Waals surface area contributed by atoms with Crippen molar-refractivity contribution in [1.29, 1.82) is 0 Å². The molecular weight excluding hydrogens is 256 g/mol. The molecule has 2 aliphatic rings. The van der Waals surface area contributed by atoms with Crippen LogP contribution < -0.4 is 5.32 Å². The molecule has 2 fully saturated rings. The highest BCUT2D eigenvalue weighted by Gasteiger charge is 2.48. The van der Waals surface area contributed by atoms with Crippen molar-refractivity contribution in [3.63, 3.8) is 0 Å². The maximum atomic E-state index is 12.7. The molecule has 5 heteroatoms. The Morgan fingerprint density at radius 1 is 1.30 bits per heavy atom. The Labute approximate surface area is 120 Å². The van der Waals surface area contributed by atoms with Crippen LogP contribution in [0.1, 0.15) is 52.4 Å². The number of carboxylic acids is 1. The molecule has 2 N–H and O–H groups in total. The van der Waals surface area contributed by atoms with Crippen molar-refractivity contribution in [3.8, 4) is 0 Å². The van der Waals surface area contributed by atoms with Crippen LogP contribution in [0.3, 0.4) is 0 Å². The number of carbonyl (C=O) groups excluding carboxylic acids is 1. The number of piperidine rings is 1. The van der Waals surface area contributed by atoms with E-state index >= 15 is 0 Å². The average Bonchev–Trinajstić information content (AvgIpc) is 2.85. The molecule has 2 unspecified atom stereocenters. The van der Waals surface area contributed by atoms with E-state index in [1.165, 1.54) is 0 Å². The molecule has 0 saturated carbocycles. The Bertz CT molecular complexity index is 391. The number of hydrogen-bond acceptors (Lipinski definition) is 3. The molecule has 5 nitrogen and oxygen atoms in total. The number of rotatable bonds is 4. The van der Waals surface area contributed by atoms with E-state index in [1.807, 2.05) is 13.8 Å². The molecule has 0 aliphatic carbocycles. The molecule has 20 heavy (non-hydrogen) atoms. The fraction of sp³-hybridized carbons (Fsp3) is 0.867. The van der Waals surface area contributed by atoms with Crippen molar-refractivity contribution in [3.05, 3.63) is 0 Å². The zero-order valence-electron chi connectivity index (χ0n) is 12.6. The lowest BCUT2D eigenvalue weighted by atomic mass is 9.82. The molecule has 2 rings (SSSR count). The summed E-state index contributed by atoms with van der Waals surface area (Å²) in [5.41, 5.74) is -1.23. The van der Waals surface area contributed by atoms with Gasteiger partial charge in [-0.1, -0.05) is 13.3 Å². The first-order valence-electron chi connectivity index (χ1n) is 7.71. The maximum absolute atomic E-state index is 12.7. The predicted octanol–water partition coefficient (Wildman–Crippen LogP) is 1.62. The third-order valence-electron chi connectivity index (χ3n) is 4.91. The second-order valence-corrected chi connectivity index (χ2v) is 6.53. The Hall–Kier alpha value is -1.10. The Kier molecular flexibility index (Phi) is 4.37. The first-order valence-corrected chi connectivity index (χ1v) is 7.71. The third kappa shape index (κ3) is 2.68. The third-order valence-corrected chi connectivity index (χ3v) is 4.91. The summed E-state index contributed by atoms with van der Waals surface area (Å²) in [7, 11) is 0. The summed E-state index contributed by atoms with van der Waals surface area (Å²) in [5.74, 6) is -0.673. The SMILES string of the molecule is CCCC1(C(=O)O)CCN(C(=O)C2(C)CCCCN2)C1. The van der Waals surface area contributed by atoms with E-state index in [0.29, 0.717) is 25.9 Å². The summed E-state index contributed by atoms with van der Waals surface area (Å²) in [6.07, 6.45) is 5.08. The standard InChI is InChI=1S/C15H26N2O3/c1-3-6-15(13(19)20)8-10-17(11-15)12(18)14(2)7-4-5-9-16-14/h16H,3-11H2,1-2H3,(H,19,20). The Morgan fingerprint density at radius 3 is 2.60 bits per heavy atom. The summed E-state index contributed by atoms with van der Waals surface area (Å²) < 4.78 is 0. The molecule has 0 spiro atoms. The van der Waals surface area contributed by atoms with Crippen LogP contribution in [0.25, 0.3) is 0 Å². The molecule has 1 amide bonds. The van der Waals surface area contributed by atoms with Crippen molar-refractivity contribution in [2.24, 2.45) is 5.41 Å². The molecule has 0 aromatic heterocycles. The van der Waals surface area contributed by atoms with Gasteiger partial charge in [0.2, 0.25) is 5.91 Å². The Morgan fingerprint density at radius 2 is 2.05 bits per heavy atom. The summed E-state index contributed by atoms with van der Waals surface area (Å²) in [6.45, 7) is 5.76. The first kappa shape index (κ1) is 15.3. The lowest BCUT2D eigenvalue weighted by molar-refractivity contribution is -0.149. The number of hydrogen-bond donors (Lipinski definition) is 2. The molecule has 0 radical (unpaired) electrons. The van der Waals surface area contributed by atoms with Crippen LogP contribution in [0.2, 0.25) is 0 Å². The second-order valence-electron chi connectivity index (χ2n) is 6.53. The van der Waals surface area contributed by atoms with Gasteiger partial charge in [0.15, 0.2) is 0 Å². The van der Waals surface area contributed by atoms with E-state index in [1.54, 1.807) is 4.90 Å². The van der Waals surface area contributed by atoms with Gasteiger partial charge in [0.25, 0.3) is 0 Å². The molecule has 114 valence electrons. The monoisotopic (exact) mass is 282 g/mol. The van der Waals surface area contributed by atoms with Crippen LogP contribution >= 0.6 is 0 Å². The van der Waals surface area contributed by atoms with Gasteiger partial charge in [-0.15, -0.1) is 0 Å². The largest absolute Gasteiger partial charge is 0.481 e. The van der Waals surface area contributed by atoms with Gasteiger partial charge in [0, 0.05) is 13.1 Å². The molecule has 0 aromatic rings. The molecule has 2 aliphatic heterocycles. The average molecular weight is 282 g/mol.